The third-order valence-corrected chi connectivity index (χ3v) is 9.70. The number of carbonyl (C=O) groups excluding carboxylic acids is 1. The van der Waals surface area contributed by atoms with E-state index in [2.05, 4.69) is 21.6 Å². The number of aryl methyl sites for hydroxylation is 2. The van der Waals surface area contributed by atoms with E-state index in [0.29, 0.717) is 57.0 Å². The fraction of sp³-hybridized carbons (Fsp3) is 0.320. The van der Waals surface area contributed by atoms with Crippen molar-refractivity contribution in [3.05, 3.63) is 64.8 Å². The van der Waals surface area contributed by atoms with Crippen LogP contribution in [0.25, 0.3) is 0 Å². The molecule has 202 valence electrons. The summed E-state index contributed by atoms with van der Waals surface area (Å²) in [5.74, 6) is -2.80. The van der Waals surface area contributed by atoms with Gasteiger partial charge in [0.1, 0.15) is 11.1 Å². The number of benzene rings is 2. The minimum Gasteiger partial charge on any atom is -0.321 e. The van der Waals surface area contributed by atoms with Gasteiger partial charge >= 0.3 is 0 Å². The Balaban J connectivity index is 2.11. The van der Waals surface area contributed by atoms with E-state index >= 15 is 0 Å². The number of thioether (sulfide) groups is 1. The number of hydrogen-bond acceptors (Lipinski definition) is 5. The zero-order chi connectivity index (χ0) is 27.9. The molecule has 1 aromatic heterocycles. The molecule has 13 heteroatoms. The second-order valence-corrected chi connectivity index (χ2v) is 12.0. The summed E-state index contributed by atoms with van der Waals surface area (Å²) in [6, 6.07) is 14.6. The fourth-order valence-corrected chi connectivity index (χ4v) is 7.33. The molecule has 2 N–H and O–H groups in total. The van der Waals surface area contributed by atoms with Crippen LogP contribution >= 0.6 is 30.8 Å². The molecule has 8 nitrogen and oxygen atoms in total. The van der Waals surface area contributed by atoms with E-state index in [0.717, 1.165) is 0 Å². The fourth-order valence-electron chi connectivity index (χ4n) is 3.93. The minimum atomic E-state index is -3.66. The van der Waals surface area contributed by atoms with Gasteiger partial charge in [-0.25, -0.2) is 9.35 Å². The normalized spacial score (nSPS) is 12.8. The number of nitrogens with one attached hydrogen (secondary N) is 2. The largest absolute Gasteiger partial charge is 0.321 e. The molecule has 0 saturated carbocycles. The van der Waals surface area contributed by atoms with Crippen molar-refractivity contribution in [3.63, 3.8) is 0 Å². The van der Waals surface area contributed by atoms with Crippen LogP contribution < -0.4 is 15.7 Å². The van der Waals surface area contributed by atoms with Crippen LogP contribution in [0.15, 0.2) is 53.4 Å². The van der Waals surface area contributed by atoms with Gasteiger partial charge in [0.25, 0.3) is 19.1 Å². The van der Waals surface area contributed by atoms with E-state index in [1.54, 1.807) is 48.0 Å². The number of hydrogen-bond donors (Lipinski definition) is 2. The lowest BCUT2D eigenvalue weighted by atomic mass is 10.2. The highest BCUT2D eigenvalue weighted by Crippen LogP contribution is 2.51. The maximum Gasteiger partial charge on any atom is 0.288 e. The molecule has 2 aromatic carbocycles. The molecule has 0 aliphatic rings. The first-order valence-electron chi connectivity index (χ1n) is 11.8. The predicted molar refractivity (Wildman–Crippen MR) is 149 cm³/mol. The van der Waals surface area contributed by atoms with Crippen LogP contribution in [0.5, 0.6) is 0 Å². The van der Waals surface area contributed by atoms with Gasteiger partial charge in [0.15, 0.2) is 0 Å². The molecule has 0 radical (unpaired) electrons. The summed E-state index contributed by atoms with van der Waals surface area (Å²) in [6.45, 7) is 6.41. The zero-order valence-corrected chi connectivity index (χ0v) is 23.6. The number of amides is 1. The molecule has 0 saturated heterocycles. The zero-order valence-electron chi connectivity index (χ0n) is 21.1. The monoisotopic (exact) mass is 580 g/mol. The number of aromatic nitrogens is 2. The Bertz CT molecular complexity index is 1340. The lowest BCUT2D eigenvalue weighted by Gasteiger charge is -2.31. The van der Waals surface area contributed by atoms with Gasteiger partial charge in [-0.2, -0.15) is 19.1 Å². The minimum absolute atomic E-state index is 0.122. The van der Waals surface area contributed by atoms with Crippen LogP contribution in [0.1, 0.15) is 36.3 Å². The number of carbonyl (C=O) groups is 1. The number of alkyl halides is 2. The third kappa shape index (κ3) is 6.94. The smallest absolute Gasteiger partial charge is 0.288 e. The Morgan fingerprint density at radius 3 is 2.37 bits per heavy atom. The molecule has 0 aliphatic heterocycles. The van der Waals surface area contributed by atoms with Gasteiger partial charge < -0.3 is 10.4 Å². The molecule has 3 aromatic rings. The Labute approximate surface area is 229 Å². The van der Waals surface area contributed by atoms with Crippen LogP contribution in [0, 0.1) is 18.3 Å². The number of nitrogens with zero attached hydrogens (tertiary/aromatic N) is 4. The Morgan fingerprint density at radius 2 is 1.82 bits per heavy atom. The van der Waals surface area contributed by atoms with Gasteiger partial charge in [0, 0.05) is 34.3 Å². The lowest BCUT2D eigenvalue weighted by molar-refractivity contribution is 0.102. The highest BCUT2D eigenvalue weighted by molar-refractivity contribution is 7.99. The summed E-state index contributed by atoms with van der Waals surface area (Å²) >= 11 is 6.38. The second kappa shape index (κ2) is 13.3. The summed E-state index contributed by atoms with van der Waals surface area (Å²) in [6.07, 6.45) is 0.122. The molecule has 0 bridgehead atoms. The first-order valence-corrected chi connectivity index (χ1v) is 14.7. The molecule has 1 unspecified atom stereocenters. The number of nitriles is 1. The quantitative estimate of drug-likeness (QED) is 0.184. The summed E-state index contributed by atoms with van der Waals surface area (Å²) in [5.41, 5.74) is 1.21. The first-order chi connectivity index (χ1) is 18.1. The van der Waals surface area contributed by atoms with Gasteiger partial charge in [-0.1, -0.05) is 37.2 Å². The van der Waals surface area contributed by atoms with Crippen molar-refractivity contribution >= 4 is 53.5 Å². The summed E-state index contributed by atoms with van der Waals surface area (Å²) < 4.78 is 43.6. The molecule has 38 heavy (non-hydrogen) atoms. The highest BCUT2D eigenvalue weighted by Gasteiger charge is 2.38. The topological polar surface area (TPSA) is 103 Å². The van der Waals surface area contributed by atoms with Crippen molar-refractivity contribution in [1.29, 1.82) is 5.26 Å². The Morgan fingerprint density at radius 1 is 1.18 bits per heavy atom. The van der Waals surface area contributed by atoms with Crippen molar-refractivity contribution in [2.75, 3.05) is 23.5 Å². The van der Waals surface area contributed by atoms with E-state index in [9.17, 15) is 18.1 Å². The molecular weight excluding hydrogens is 553 g/mol. The Hall–Kier alpha value is -2.90. The third-order valence-electron chi connectivity index (χ3n) is 5.66. The standard InChI is InChI=1S/C25H28ClF2N6O2PS/c1-4-33(5-2)37(36,32-20-11-13-21(14-12-20)38-25(27)28)22-17(3)31-34(16-6-15-29)23(22)30-24(35)18-7-9-19(26)10-8-18/h7-14,25H,4-6,16H2,1-3H3,(H,30,35)(H,32,36). The average Bonchev–Trinajstić information content (AvgIpc) is 3.19. The van der Waals surface area contributed by atoms with Crippen molar-refractivity contribution < 1.29 is 18.1 Å². The van der Waals surface area contributed by atoms with Gasteiger partial charge in [0.2, 0.25) is 0 Å². The molecule has 1 atom stereocenters. The van der Waals surface area contributed by atoms with E-state index in [4.69, 9.17) is 16.9 Å². The Kier molecular flexibility index (Phi) is 10.3. The van der Waals surface area contributed by atoms with Crippen molar-refractivity contribution in [3.8, 4) is 6.07 Å². The molecule has 3 rings (SSSR count). The number of anilines is 2. The maximum absolute atomic E-state index is 14.9. The van der Waals surface area contributed by atoms with Crippen LogP contribution in [-0.2, 0) is 11.1 Å². The molecule has 1 amide bonds. The van der Waals surface area contributed by atoms with Crippen molar-refractivity contribution in [2.45, 2.75) is 44.4 Å². The summed E-state index contributed by atoms with van der Waals surface area (Å²) in [7, 11) is -3.66. The van der Waals surface area contributed by atoms with Gasteiger partial charge in [-0.05, 0) is 55.5 Å². The van der Waals surface area contributed by atoms with E-state index in [1.807, 2.05) is 13.8 Å². The van der Waals surface area contributed by atoms with E-state index < -0.39 is 19.1 Å². The second-order valence-electron chi connectivity index (χ2n) is 8.10. The van der Waals surface area contributed by atoms with Gasteiger partial charge in [-0.3, -0.25) is 9.36 Å². The molecular formula is C25H28ClF2N6O2PS. The van der Waals surface area contributed by atoms with Crippen molar-refractivity contribution in [2.24, 2.45) is 0 Å². The highest BCUT2D eigenvalue weighted by atomic mass is 35.5. The van der Waals surface area contributed by atoms with E-state index in [-0.39, 0.29) is 18.8 Å². The predicted octanol–water partition coefficient (Wildman–Crippen LogP) is 6.60. The maximum atomic E-state index is 14.9. The van der Waals surface area contributed by atoms with Crippen LogP contribution in [-0.4, -0.2) is 39.2 Å². The summed E-state index contributed by atoms with van der Waals surface area (Å²) in [4.78, 5) is 13.6. The van der Waals surface area contributed by atoms with Crippen molar-refractivity contribution in [1.82, 2.24) is 14.5 Å². The number of halogens is 3. The molecule has 0 aliphatic carbocycles. The first kappa shape index (κ1) is 29.7. The number of rotatable bonds is 12. The van der Waals surface area contributed by atoms with Gasteiger partial charge in [0.05, 0.1) is 24.7 Å². The molecule has 0 fully saturated rings. The molecule has 1 heterocycles. The van der Waals surface area contributed by atoms with Crippen LogP contribution in [0.3, 0.4) is 0 Å². The summed E-state index contributed by atoms with van der Waals surface area (Å²) in [5, 5.41) is 20.4. The van der Waals surface area contributed by atoms with Crippen LogP contribution in [0.2, 0.25) is 5.02 Å². The average molecular weight is 581 g/mol. The van der Waals surface area contributed by atoms with Gasteiger partial charge in [-0.15, -0.1) is 0 Å². The molecule has 0 spiro atoms. The van der Waals surface area contributed by atoms with E-state index in [1.165, 1.54) is 16.8 Å². The lowest BCUT2D eigenvalue weighted by Crippen LogP contribution is -2.33. The van der Waals surface area contributed by atoms with Crippen LogP contribution in [0.4, 0.5) is 20.3 Å². The SMILES string of the molecule is CCN(CC)P(=O)(Nc1ccc(SC(F)F)cc1)c1c(C)nn(CCC#N)c1NC(=O)c1ccc(Cl)cc1.